The van der Waals surface area contributed by atoms with Gasteiger partial charge in [0.2, 0.25) is 0 Å². The van der Waals surface area contributed by atoms with E-state index in [4.69, 9.17) is 5.11 Å². The molecule has 0 saturated heterocycles. The van der Waals surface area contributed by atoms with Crippen molar-refractivity contribution in [3.63, 3.8) is 0 Å². The fraction of sp³-hybridized carbons (Fsp3) is 0.222. The first-order valence-electron chi connectivity index (χ1n) is 3.49. The van der Waals surface area contributed by atoms with Gasteiger partial charge in [-0.3, -0.25) is 4.79 Å². The second-order valence-electron chi connectivity index (χ2n) is 2.47. The quantitative estimate of drug-likeness (QED) is 0.765. The fourth-order valence-corrected chi connectivity index (χ4v) is 0.884. The molecular weight excluding hydrogens is 205 g/mol. The number of rotatable bonds is 2. The number of carbonyl (C=O) groups is 1. The van der Waals surface area contributed by atoms with Gasteiger partial charge in [-0.2, -0.15) is 0 Å². The van der Waals surface area contributed by atoms with Gasteiger partial charge in [0.05, 0.1) is 5.92 Å². The molecule has 0 aliphatic heterocycles. The van der Waals surface area contributed by atoms with Gasteiger partial charge < -0.3 is 5.11 Å². The Bertz CT molecular complexity index is 246. The van der Waals surface area contributed by atoms with Crippen LogP contribution in [0.25, 0.3) is 0 Å². The Kier molecular flexibility index (Phi) is 4.76. The average Bonchev–Trinajstić information content (AvgIpc) is 2.05. The van der Waals surface area contributed by atoms with Crippen molar-refractivity contribution in [2.75, 3.05) is 0 Å². The summed E-state index contributed by atoms with van der Waals surface area (Å²) < 4.78 is 0. The number of hydrogen-bond acceptors (Lipinski definition) is 1. The Morgan fingerprint density at radius 2 is 1.83 bits per heavy atom. The molecule has 60 valence electrons. The van der Waals surface area contributed by atoms with Crippen molar-refractivity contribution < 1.29 is 29.4 Å². The molecular formula is C9H10O2Zn. The second-order valence-corrected chi connectivity index (χ2v) is 2.47. The zero-order chi connectivity index (χ0) is 8.27. The van der Waals surface area contributed by atoms with Gasteiger partial charge in [-0.25, -0.2) is 0 Å². The van der Waals surface area contributed by atoms with E-state index in [1.54, 1.807) is 6.92 Å². The largest absolute Gasteiger partial charge is 0.481 e. The smallest absolute Gasteiger partial charge is 0.310 e. The summed E-state index contributed by atoms with van der Waals surface area (Å²) in [5.74, 6) is -1.19. The molecule has 0 aliphatic carbocycles. The molecule has 12 heavy (non-hydrogen) atoms. The van der Waals surface area contributed by atoms with Gasteiger partial charge in [0.25, 0.3) is 0 Å². The molecule has 0 spiro atoms. The molecule has 1 atom stereocenters. The Hall–Kier alpha value is -0.687. The third-order valence-corrected chi connectivity index (χ3v) is 1.67. The topological polar surface area (TPSA) is 37.3 Å². The van der Waals surface area contributed by atoms with Gasteiger partial charge >= 0.3 is 5.97 Å². The van der Waals surface area contributed by atoms with Crippen LogP contribution in [-0.2, 0) is 24.3 Å². The third kappa shape index (κ3) is 2.74. The third-order valence-electron chi connectivity index (χ3n) is 1.67. The first-order valence-corrected chi connectivity index (χ1v) is 3.49. The fourth-order valence-electron chi connectivity index (χ4n) is 0.884. The Labute approximate surface area is 84.4 Å². The predicted octanol–water partition coefficient (Wildman–Crippen LogP) is 1.87. The second kappa shape index (κ2) is 5.05. The number of carboxylic acids is 1. The minimum atomic E-state index is -0.781. The van der Waals surface area contributed by atoms with Crippen molar-refractivity contribution in [1.29, 1.82) is 0 Å². The molecule has 1 aromatic rings. The van der Waals surface area contributed by atoms with Crippen LogP contribution in [0, 0.1) is 0 Å². The Morgan fingerprint density at radius 3 is 2.25 bits per heavy atom. The maximum absolute atomic E-state index is 10.5. The van der Waals surface area contributed by atoms with Crippen LogP contribution in [0.2, 0.25) is 0 Å². The molecule has 0 fully saturated rings. The molecule has 1 rings (SSSR count). The van der Waals surface area contributed by atoms with E-state index < -0.39 is 11.9 Å². The van der Waals surface area contributed by atoms with Crippen LogP contribution in [-0.4, -0.2) is 11.1 Å². The zero-order valence-corrected chi connectivity index (χ0v) is 9.99. The van der Waals surface area contributed by atoms with E-state index in [0.717, 1.165) is 5.56 Å². The van der Waals surface area contributed by atoms with E-state index in [9.17, 15) is 4.79 Å². The molecule has 1 unspecified atom stereocenters. The standard InChI is InChI=1S/C9H10O2.Zn/c1-7(9(10)11)8-5-3-2-4-6-8;/h2-7H,1H3,(H,10,11);. The van der Waals surface area contributed by atoms with Gasteiger partial charge in [0, 0.05) is 19.5 Å². The molecule has 0 aliphatic rings. The van der Waals surface area contributed by atoms with E-state index in [1.165, 1.54) is 0 Å². The SMILES string of the molecule is CC(C(=O)O)c1ccccc1.[Zn]. The molecule has 0 amide bonds. The van der Waals surface area contributed by atoms with Crippen LogP contribution in [0.3, 0.4) is 0 Å². The summed E-state index contributed by atoms with van der Waals surface area (Å²) in [5, 5.41) is 8.64. The summed E-state index contributed by atoms with van der Waals surface area (Å²) in [7, 11) is 0. The summed E-state index contributed by atoms with van der Waals surface area (Å²) in [6.07, 6.45) is 0. The molecule has 3 heteroatoms. The van der Waals surface area contributed by atoms with Crippen LogP contribution in [0.5, 0.6) is 0 Å². The van der Waals surface area contributed by atoms with Crippen LogP contribution < -0.4 is 0 Å². The first kappa shape index (κ1) is 11.3. The van der Waals surface area contributed by atoms with E-state index >= 15 is 0 Å². The summed E-state index contributed by atoms with van der Waals surface area (Å²) in [4.78, 5) is 10.5. The predicted molar refractivity (Wildman–Crippen MR) is 42.5 cm³/mol. The molecule has 0 heterocycles. The summed E-state index contributed by atoms with van der Waals surface area (Å²) >= 11 is 0. The summed E-state index contributed by atoms with van der Waals surface area (Å²) in [5.41, 5.74) is 0.847. The Balaban J connectivity index is 0.00000121. The average molecular weight is 216 g/mol. The van der Waals surface area contributed by atoms with Crippen molar-refractivity contribution in [3.8, 4) is 0 Å². The molecule has 2 nitrogen and oxygen atoms in total. The molecule has 0 bridgehead atoms. The molecule has 1 N–H and O–H groups in total. The number of carboxylic acid groups (broad SMARTS) is 1. The van der Waals surface area contributed by atoms with Crippen molar-refractivity contribution >= 4 is 5.97 Å². The summed E-state index contributed by atoms with van der Waals surface area (Å²) in [6.45, 7) is 1.68. The number of aliphatic carboxylic acids is 1. The van der Waals surface area contributed by atoms with Crippen LogP contribution in [0.4, 0.5) is 0 Å². The number of benzene rings is 1. The van der Waals surface area contributed by atoms with Crippen LogP contribution >= 0.6 is 0 Å². The van der Waals surface area contributed by atoms with Crippen LogP contribution in [0.15, 0.2) is 30.3 Å². The van der Waals surface area contributed by atoms with E-state index in [0.29, 0.717) is 0 Å². The van der Waals surface area contributed by atoms with E-state index in [-0.39, 0.29) is 19.5 Å². The zero-order valence-electron chi connectivity index (χ0n) is 7.03. The first-order chi connectivity index (χ1) is 5.22. The van der Waals surface area contributed by atoms with Crippen molar-refractivity contribution in [3.05, 3.63) is 35.9 Å². The van der Waals surface area contributed by atoms with Gasteiger partial charge in [-0.15, -0.1) is 0 Å². The van der Waals surface area contributed by atoms with Gasteiger partial charge in [-0.05, 0) is 12.5 Å². The van der Waals surface area contributed by atoms with Crippen LogP contribution in [0.1, 0.15) is 18.4 Å². The minimum absolute atomic E-state index is 0. The number of hydrogen-bond donors (Lipinski definition) is 1. The molecule has 0 radical (unpaired) electrons. The van der Waals surface area contributed by atoms with E-state index in [2.05, 4.69) is 0 Å². The molecule has 1 aromatic carbocycles. The van der Waals surface area contributed by atoms with Crippen molar-refractivity contribution in [1.82, 2.24) is 0 Å². The van der Waals surface area contributed by atoms with Crippen molar-refractivity contribution in [2.45, 2.75) is 12.8 Å². The summed E-state index contributed by atoms with van der Waals surface area (Å²) in [6, 6.07) is 9.19. The van der Waals surface area contributed by atoms with E-state index in [1.807, 2.05) is 30.3 Å². The minimum Gasteiger partial charge on any atom is -0.481 e. The molecule has 0 aromatic heterocycles. The van der Waals surface area contributed by atoms with Gasteiger partial charge in [-0.1, -0.05) is 30.3 Å². The maximum atomic E-state index is 10.5. The van der Waals surface area contributed by atoms with Gasteiger partial charge in [0.15, 0.2) is 0 Å². The normalized spacial score (nSPS) is 11.4. The molecule has 0 saturated carbocycles. The van der Waals surface area contributed by atoms with Crippen molar-refractivity contribution in [2.24, 2.45) is 0 Å². The maximum Gasteiger partial charge on any atom is 0.310 e. The monoisotopic (exact) mass is 214 g/mol. The van der Waals surface area contributed by atoms with Gasteiger partial charge in [0.1, 0.15) is 0 Å². The Morgan fingerprint density at radius 1 is 1.33 bits per heavy atom.